The lowest BCUT2D eigenvalue weighted by molar-refractivity contribution is 0.714. The summed E-state index contributed by atoms with van der Waals surface area (Å²) in [6.07, 6.45) is 8.44. The fraction of sp³-hybridized carbons (Fsp3) is 0.0943. The van der Waals surface area contributed by atoms with E-state index in [1.165, 1.54) is 61.2 Å². The van der Waals surface area contributed by atoms with Crippen LogP contribution in [0.5, 0.6) is 0 Å². The second-order valence-electron chi connectivity index (χ2n) is 14.9. The Morgan fingerprint density at radius 2 is 1.13 bits per heavy atom. The van der Waals surface area contributed by atoms with Crippen molar-refractivity contribution in [3.8, 4) is 33.4 Å². The molecule has 1 spiro atoms. The van der Waals surface area contributed by atoms with Gasteiger partial charge in [0.1, 0.15) is 0 Å². The molecule has 7 aromatic carbocycles. The van der Waals surface area contributed by atoms with Crippen molar-refractivity contribution >= 4 is 17.1 Å². The van der Waals surface area contributed by atoms with Crippen molar-refractivity contribution in [1.29, 1.82) is 5.41 Å². The molecule has 0 radical (unpaired) electrons. The van der Waals surface area contributed by atoms with Gasteiger partial charge in [-0.05, 0) is 122 Å². The van der Waals surface area contributed by atoms with E-state index < -0.39 is 0 Å². The van der Waals surface area contributed by atoms with E-state index in [1.807, 2.05) is 30.3 Å². The van der Waals surface area contributed by atoms with E-state index in [-0.39, 0.29) is 11.3 Å². The Morgan fingerprint density at radius 3 is 1.85 bits per heavy atom. The molecule has 0 aromatic heterocycles. The predicted molar refractivity (Wildman–Crippen MR) is 229 cm³/mol. The Kier molecular flexibility index (Phi) is 8.18. The number of nitrogens with one attached hydrogen (secondary N) is 1. The lowest BCUT2D eigenvalue weighted by Crippen LogP contribution is -2.27. The van der Waals surface area contributed by atoms with E-state index in [0.29, 0.717) is 0 Å². The van der Waals surface area contributed by atoms with Crippen LogP contribution >= 0.6 is 0 Å². The molecule has 0 unspecified atom stereocenters. The molecule has 3 aliphatic rings. The summed E-state index contributed by atoms with van der Waals surface area (Å²) < 4.78 is 0. The molecule has 0 saturated carbocycles. The average molecular weight is 705 g/mol. The Balaban J connectivity index is 1.04. The van der Waals surface area contributed by atoms with Gasteiger partial charge in [0, 0.05) is 5.56 Å². The summed E-state index contributed by atoms with van der Waals surface area (Å²) in [6.45, 7) is 0. The molecular formula is C53H40N2. The van der Waals surface area contributed by atoms with Gasteiger partial charge in [0.05, 0.1) is 11.1 Å². The minimum atomic E-state index is -0.284. The molecule has 0 bridgehead atoms. The average Bonchev–Trinajstić information content (AvgIpc) is 3.73. The van der Waals surface area contributed by atoms with Crippen LogP contribution in [0.25, 0.3) is 39.0 Å². The van der Waals surface area contributed by atoms with E-state index >= 15 is 0 Å². The smallest absolute Gasteiger partial charge is 0.152 e. The lowest BCUT2D eigenvalue weighted by Gasteiger charge is -2.33. The minimum Gasteiger partial charge on any atom is -0.282 e. The highest BCUT2D eigenvalue weighted by molar-refractivity contribution is 6.11. The first kappa shape index (κ1) is 33.0. The van der Waals surface area contributed by atoms with Gasteiger partial charge in [-0.3, -0.25) is 5.41 Å². The topological polar surface area (TPSA) is 36.2 Å². The molecule has 0 saturated heterocycles. The summed E-state index contributed by atoms with van der Waals surface area (Å²) in [7, 11) is 0. The van der Waals surface area contributed by atoms with Crippen LogP contribution < -0.4 is 0 Å². The Hall–Kier alpha value is -6.64. The summed E-state index contributed by atoms with van der Waals surface area (Å²) >= 11 is 0. The van der Waals surface area contributed by atoms with Gasteiger partial charge in [-0.1, -0.05) is 170 Å². The number of hydrogen-bond donors (Lipinski definition) is 1. The van der Waals surface area contributed by atoms with Crippen LogP contribution in [-0.4, -0.2) is 11.5 Å². The van der Waals surface area contributed by atoms with Crippen LogP contribution in [0.1, 0.15) is 58.2 Å². The monoisotopic (exact) mass is 704 g/mol. The molecule has 0 fully saturated rings. The fourth-order valence-electron chi connectivity index (χ4n) is 9.31. The summed E-state index contributed by atoms with van der Waals surface area (Å²) in [5, 5.41) is 8.89. The van der Waals surface area contributed by atoms with E-state index in [9.17, 15) is 0 Å². The van der Waals surface area contributed by atoms with Crippen molar-refractivity contribution in [1.82, 2.24) is 0 Å². The highest BCUT2D eigenvalue weighted by Crippen LogP contribution is 2.63. The molecule has 7 aromatic rings. The molecule has 262 valence electrons. The minimum absolute atomic E-state index is 0.282. The maximum Gasteiger partial charge on any atom is 0.152 e. The van der Waals surface area contributed by atoms with Crippen molar-refractivity contribution in [2.45, 2.75) is 31.1 Å². The summed E-state index contributed by atoms with van der Waals surface area (Å²) in [4.78, 5) is 4.95. The van der Waals surface area contributed by atoms with Crippen molar-refractivity contribution in [3.05, 3.63) is 233 Å². The molecule has 1 N–H and O–H groups in total. The fourth-order valence-corrected chi connectivity index (χ4v) is 9.31. The van der Waals surface area contributed by atoms with E-state index in [0.717, 1.165) is 53.6 Å². The number of benzene rings is 7. The second kappa shape index (κ2) is 13.6. The van der Waals surface area contributed by atoms with Gasteiger partial charge in [0.25, 0.3) is 0 Å². The number of allylic oxidation sites excluding steroid dienone is 4. The van der Waals surface area contributed by atoms with Gasteiger partial charge < -0.3 is 0 Å². The molecular weight excluding hydrogens is 665 g/mol. The quantitative estimate of drug-likeness (QED) is 0.127. The second-order valence-corrected chi connectivity index (χ2v) is 14.9. The maximum atomic E-state index is 8.89. The molecule has 55 heavy (non-hydrogen) atoms. The van der Waals surface area contributed by atoms with Gasteiger partial charge in [0.2, 0.25) is 0 Å². The summed E-state index contributed by atoms with van der Waals surface area (Å²) in [5.74, 6) is 0.282. The van der Waals surface area contributed by atoms with Crippen LogP contribution in [-0.2, 0) is 11.8 Å². The third-order valence-corrected chi connectivity index (χ3v) is 11.8. The first-order valence-corrected chi connectivity index (χ1v) is 19.4. The third-order valence-electron chi connectivity index (χ3n) is 11.8. The molecule has 10 rings (SSSR count). The molecule has 2 heteroatoms. The SMILES string of the molecule is N=C(/N=C(\CCc1ccccc1)c1cccc(-c2cccc(-c3ccc4c(c3)C3(C5=C4C=CCC5)c4ccccc4-c4ccccc43)c2)c1)c1ccccc1. The summed E-state index contributed by atoms with van der Waals surface area (Å²) in [6, 6.07) is 63.3. The number of aryl methyl sites for hydroxylation is 1. The number of hydrogen-bond acceptors (Lipinski definition) is 1. The van der Waals surface area contributed by atoms with Gasteiger partial charge in [0.15, 0.2) is 5.84 Å². The zero-order chi connectivity index (χ0) is 36.8. The molecule has 0 amide bonds. The van der Waals surface area contributed by atoms with Crippen LogP contribution in [0.2, 0.25) is 0 Å². The number of fused-ring (bicyclic) bond motifs is 9. The van der Waals surface area contributed by atoms with Crippen molar-refractivity contribution in [2.24, 2.45) is 4.99 Å². The standard InChI is InChI=1S/C53H40N2/c54-52(37-17-5-2-6-18-37)55-51(32-29-36-15-3-1-4-16-36)42-22-14-21-40(34-42)38-19-13-20-39(33-38)41-30-31-46-45-25-9-12-28-49(45)53(50(46)35-41)47-26-10-7-23-43(47)44-24-8-11-27-48(44)53/h1-11,13-27,30-31,33-35,54H,12,28-29,32H2/b54-52?,55-51+. The first-order valence-electron chi connectivity index (χ1n) is 19.4. The Morgan fingerprint density at radius 1 is 0.527 bits per heavy atom. The van der Waals surface area contributed by atoms with Crippen molar-refractivity contribution in [2.75, 3.05) is 0 Å². The third kappa shape index (κ3) is 5.56. The van der Waals surface area contributed by atoms with Crippen LogP contribution in [0.4, 0.5) is 0 Å². The zero-order valence-electron chi connectivity index (χ0n) is 30.7. The molecule has 0 heterocycles. The molecule has 0 atom stereocenters. The maximum absolute atomic E-state index is 8.89. The normalized spacial score (nSPS) is 14.7. The van der Waals surface area contributed by atoms with E-state index in [4.69, 9.17) is 10.4 Å². The zero-order valence-corrected chi connectivity index (χ0v) is 30.7. The van der Waals surface area contributed by atoms with Crippen molar-refractivity contribution in [3.63, 3.8) is 0 Å². The Labute approximate surface area is 323 Å². The van der Waals surface area contributed by atoms with Crippen LogP contribution in [0.3, 0.4) is 0 Å². The highest BCUT2D eigenvalue weighted by atomic mass is 14.8. The highest BCUT2D eigenvalue weighted by Gasteiger charge is 2.52. The number of aliphatic imine (C=N–C) groups is 1. The Bertz CT molecular complexity index is 2670. The molecule has 3 aliphatic carbocycles. The number of amidine groups is 1. The number of nitrogens with zero attached hydrogens (tertiary/aromatic N) is 1. The van der Waals surface area contributed by atoms with Crippen molar-refractivity contribution < 1.29 is 0 Å². The van der Waals surface area contributed by atoms with E-state index in [1.54, 1.807) is 0 Å². The largest absolute Gasteiger partial charge is 0.282 e. The molecule has 2 nitrogen and oxygen atoms in total. The van der Waals surface area contributed by atoms with Gasteiger partial charge >= 0.3 is 0 Å². The van der Waals surface area contributed by atoms with Crippen LogP contribution in [0.15, 0.2) is 199 Å². The van der Waals surface area contributed by atoms with Gasteiger partial charge in [-0.25, -0.2) is 4.99 Å². The predicted octanol–water partition coefficient (Wildman–Crippen LogP) is 12.9. The van der Waals surface area contributed by atoms with E-state index in [2.05, 4.69) is 158 Å². The summed E-state index contributed by atoms with van der Waals surface area (Å²) in [5.41, 5.74) is 19.7. The first-order chi connectivity index (χ1) is 27.2. The number of rotatable bonds is 7. The molecule has 0 aliphatic heterocycles. The van der Waals surface area contributed by atoms with Gasteiger partial charge in [-0.15, -0.1) is 0 Å². The lowest BCUT2D eigenvalue weighted by atomic mass is 9.68. The van der Waals surface area contributed by atoms with Crippen LogP contribution in [0, 0.1) is 5.41 Å². The van der Waals surface area contributed by atoms with Gasteiger partial charge in [-0.2, -0.15) is 0 Å².